The SMILES string of the molecule is CC(N)CC1CCCC2C=NN(C)C21. The lowest BCUT2D eigenvalue weighted by molar-refractivity contribution is 0.120. The second kappa shape index (κ2) is 3.89. The van der Waals surface area contributed by atoms with Crippen LogP contribution in [0.3, 0.4) is 0 Å². The highest BCUT2D eigenvalue weighted by atomic mass is 15.5. The average Bonchev–Trinajstić information content (AvgIpc) is 2.48. The molecular formula is C11H21N3. The molecule has 0 bridgehead atoms. The molecule has 2 N–H and O–H groups in total. The lowest BCUT2D eigenvalue weighted by Gasteiger charge is -2.37. The molecule has 4 atom stereocenters. The Morgan fingerprint density at radius 2 is 2.36 bits per heavy atom. The summed E-state index contributed by atoms with van der Waals surface area (Å²) in [5.41, 5.74) is 5.89. The molecule has 0 aromatic carbocycles. The Balaban J connectivity index is 2.03. The largest absolute Gasteiger partial charge is 0.328 e. The van der Waals surface area contributed by atoms with Crippen LogP contribution in [-0.2, 0) is 0 Å². The maximum absolute atomic E-state index is 5.89. The van der Waals surface area contributed by atoms with Gasteiger partial charge in [0.2, 0.25) is 0 Å². The van der Waals surface area contributed by atoms with E-state index in [1.165, 1.54) is 19.3 Å². The van der Waals surface area contributed by atoms with Crippen LogP contribution in [0.15, 0.2) is 5.10 Å². The molecule has 14 heavy (non-hydrogen) atoms. The fourth-order valence-corrected chi connectivity index (χ4v) is 3.05. The van der Waals surface area contributed by atoms with Crippen LogP contribution in [0.1, 0.15) is 32.6 Å². The van der Waals surface area contributed by atoms with Gasteiger partial charge in [0.1, 0.15) is 0 Å². The molecule has 0 aromatic heterocycles. The van der Waals surface area contributed by atoms with Gasteiger partial charge < -0.3 is 5.73 Å². The zero-order chi connectivity index (χ0) is 10.1. The Morgan fingerprint density at radius 3 is 3.07 bits per heavy atom. The normalized spacial score (nSPS) is 38.5. The summed E-state index contributed by atoms with van der Waals surface area (Å²) in [6.45, 7) is 2.11. The first-order valence-electron chi connectivity index (χ1n) is 5.71. The van der Waals surface area contributed by atoms with Crippen LogP contribution in [0, 0.1) is 11.8 Å². The fourth-order valence-electron chi connectivity index (χ4n) is 3.05. The molecule has 80 valence electrons. The molecule has 0 aromatic rings. The monoisotopic (exact) mass is 195 g/mol. The minimum atomic E-state index is 0.327. The number of nitrogens with two attached hydrogens (primary N) is 1. The fraction of sp³-hybridized carbons (Fsp3) is 0.909. The molecule has 2 rings (SSSR count). The first-order valence-corrected chi connectivity index (χ1v) is 5.71. The first kappa shape index (κ1) is 9.97. The van der Waals surface area contributed by atoms with Gasteiger partial charge in [0, 0.05) is 25.2 Å². The van der Waals surface area contributed by atoms with Crippen LogP contribution < -0.4 is 5.73 Å². The molecule has 1 aliphatic carbocycles. The van der Waals surface area contributed by atoms with E-state index in [2.05, 4.69) is 30.3 Å². The van der Waals surface area contributed by atoms with Crippen molar-refractivity contribution in [3.05, 3.63) is 0 Å². The summed E-state index contributed by atoms with van der Waals surface area (Å²) >= 11 is 0. The lowest BCUT2D eigenvalue weighted by Crippen LogP contribution is -2.41. The minimum Gasteiger partial charge on any atom is -0.328 e. The van der Waals surface area contributed by atoms with E-state index in [0.29, 0.717) is 18.0 Å². The van der Waals surface area contributed by atoms with Crippen LogP contribution in [-0.4, -0.2) is 30.4 Å². The Morgan fingerprint density at radius 1 is 1.57 bits per heavy atom. The highest BCUT2D eigenvalue weighted by Gasteiger charge is 2.38. The third kappa shape index (κ3) is 1.78. The van der Waals surface area contributed by atoms with Gasteiger partial charge in [-0.15, -0.1) is 0 Å². The number of hydrogen-bond acceptors (Lipinski definition) is 3. The molecule has 2 aliphatic rings. The summed E-state index contributed by atoms with van der Waals surface area (Å²) in [6, 6.07) is 0.961. The van der Waals surface area contributed by atoms with Crippen molar-refractivity contribution in [3.8, 4) is 0 Å². The number of fused-ring (bicyclic) bond motifs is 1. The second-order valence-corrected chi connectivity index (χ2v) is 4.90. The third-order valence-corrected chi connectivity index (χ3v) is 3.58. The van der Waals surface area contributed by atoms with Crippen molar-refractivity contribution in [1.29, 1.82) is 0 Å². The van der Waals surface area contributed by atoms with Crippen LogP contribution in [0.4, 0.5) is 0 Å². The molecule has 0 spiro atoms. The maximum atomic E-state index is 5.89. The van der Waals surface area contributed by atoms with Crippen LogP contribution in [0.5, 0.6) is 0 Å². The summed E-state index contributed by atoms with van der Waals surface area (Å²) < 4.78 is 0. The zero-order valence-electron chi connectivity index (χ0n) is 9.19. The van der Waals surface area contributed by atoms with E-state index in [4.69, 9.17) is 5.73 Å². The first-order chi connectivity index (χ1) is 6.68. The highest BCUT2D eigenvalue weighted by Crippen LogP contribution is 2.36. The van der Waals surface area contributed by atoms with Gasteiger partial charge in [0.15, 0.2) is 0 Å². The topological polar surface area (TPSA) is 41.6 Å². The highest BCUT2D eigenvalue weighted by molar-refractivity contribution is 5.63. The van der Waals surface area contributed by atoms with E-state index in [9.17, 15) is 0 Å². The standard InChI is InChI=1S/C11H21N3/c1-8(12)6-9-4-3-5-10-7-13-14(2)11(9)10/h7-11H,3-6,12H2,1-2H3. The Kier molecular flexibility index (Phi) is 2.77. The van der Waals surface area contributed by atoms with Gasteiger partial charge in [-0.25, -0.2) is 0 Å². The molecule has 0 amide bonds. The van der Waals surface area contributed by atoms with Gasteiger partial charge in [-0.1, -0.05) is 6.42 Å². The number of rotatable bonds is 2. The van der Waals surface area contributed by atoms with Crippen molar-refractivity contribution in [1.82, 2.24) is 5.01 Å². The summed E-state index contributed by atoms with van der Waals surface area (Å²) in [5.74, 6) is 1.44. The quantitative estimate of drug-likeness (QED) is 0.724. The molecule has 0 saturated heterocycles. The Labute approximate surface area is 86.3 Å². The third-order valence-electron chi connectivity index (χ3n) is 3.58. The summed E-state index contributed by atoms with van der Waals surface area (Å²) in [7, 11) is 2.10. The van der Waals surface area contributed by atoms with E-state index in [0.717, 1.165) is 12.3 Å². The van der Waals surface area contributed by atoms with Crippen molar-refractivity contribution in [2.24, 2.45) is 22.7 Å². The van der Waals surface area contributed by atoms with E-state index < -0.39 is 0 Å². The van der Waals surface area contributed by atoms with Gasteiger partial charge in [-0.05, 0) is 32.1 Å². The maximum Gasteiger partial charge on any atom is 0.0574 e. The smallest absolute Gasteiger partial charge is 0.0574 e. The zero-order valence-corrected chi connectivity index (χ0v) is 9.19. The Bertz CT molecular complexity index is 225. The van der Waals surface area contributed by atoms with Crippen LogP contribution in [0.25, 0.3) is 0 Å². The molecule has 4 unspecified atom stereocenters. The van der Waals surface area contributed by atoms with Crippen LogP contribution in [0.2, 0.25) is 0 Å². The number of hydrazone groups is 1. The van der Waals surface area contributed by atoms with Gasteiger partial charge >= 0.3 is 0 Å². The van der Waals surface area contributed by atoms with Crippen molar-refractivity contribution < 1.29 is 0 Å². The Hall–Kier alpha value is -0.570. The predicted molar refractivity (Wildman–Crippen MR) is 59.1 cm³/mol. The lowest BCUT2D eigenvalue weighted by atomic mass is 9.75. The average molecular weight is 195 g/mol. The summed E-state index contributed by atoms with van der Waals surface area (Å²) in [4.78, 5) is 0. The minimum absolute atomic E-state index is 0.327. The predicted octanol–water partition coefficient (Wildman–Crippen LogP) is 1.44. The van der Waals surface area contributed by atoms with E-state index in [-0.39, 0.29) is 0 Å². The van der Waals surface area contributed by atoms with Gasteiger partial charge in [-0.3, -0.25) is 5.01 Å². The molecule has 3 heteroatoms. The summed E-state index contributed by atoms with van der Waals surface area (Å²) in [6.07, 6.45) is 7.27. The van der Waals surface area contributed by atoms with Crippen molar-refractivity contribution >= 4 is 6.21 Å². The van der Waals surface area contributed by atoms with E-state index >= 15 is 0 Å². The van der Waals surface area contributed by atoms with Crippen LogP contribution >= 0.6 is 0 Å². The second-order valence-electron chi connectivity index (χ2n) is 4.90. The van der Waals surface area contributed by atoms with Crippen molar-refractivity contribution in [2.45, 2.75) is 44.7 Å². The van der Waals surface area contributed by atoms with E-state index in [1.54, 1.807) is 0 Å². The van der Waals surface area contributed by atoms with Gasteiger partial charge in [-0.2, -0.15) is 5.10 Å². The number of hydrogen-bond donors (Lipinski definition) is 1. The molecule has 0 radical (unpaired) electrons. The molecular weight excluding hydrogens is 174 g/mol. The van der Waals surface area contributed by atoms with Gasteiger partial charge in [0.25, 0.3) is 0 Å². The molecule has 1 heterocycles. The number of nitrogens with zero attached hydrogens (tertiary/aromatic N) is 2. The molecule has 1 aliphatic heterocycles. The molecule has 3 nitrogen and oxygen atoms in total. The van der Waals surface area contributed by atoms with Crippen molar-refractivity contribution in [3.63, 3.8) is 0 Å². The van der Waals surface area contributed by atoms with Gasteiger partial charge in [0.05, 0.1) is 6.04 Å². The van der Waals surface area contributed by atoms with E-state index in [1.807, 2.05) is 0 Å². The molecule has 1 saturated carbocycles. The van der Waals surface area contributed by atoms with Crippen molar-refractivity contribution in [2.75, 3.05) is 7.05 Å². The molecule has 1 fully saturated rings. The summed E-state index contributed by atoms with van der Waals surface area (Å²) in [5, 5.41) is 6.56.